The monoisotopic (exact) mass is 215 g/mol. The average Bonchev–Trinajstić information content (AvgIpc) is 2.28. The highest BCUT2D eigenvalue weighted by molar-refractivity contribution is 5.79. The molecule has 0 radical (unpaired) electrons. The largest absolute Gasteiger partial charge is 0.389 e. The van der Waals surface area contributed by atoms with Gasteiger partial charge in [-0.05, 0) is 32.5 Å². The maximum atomic E-state index is 10.8. The van der Waals surface area contributed by atoms with Crippen molar-refractivity contribution in [2.75, 3.05) is 26.2 Å². The minimum Gasteiger partial charge on any atom is -0.389 e. The number of nitrogens with zero attached hydrogens (tertiary/aromatic N) is 1. The molecule has 3 heteroatoms. The first-order chi connectivity index (χ1) is 7.24. The van der Waals surface area contributed by atoms with Crippen LogP contribution in [0.1, 0.15) is 46.0 Å². The zero-order valence-electron chi connectivity index (χ0n) is 10.2. The van der Waals surface area contributed by atoms with Gasteiger partial charge in [0, 0.05) is 6.42 Å². The van der Waals surface area contributed by atoms with E-state index in [1.165, 1.54) is 19.4 Å². The third-order valence-corrected chi connectivity index (χ3v) is 2.75. The summed E-state index contributed by atoms with van der Waals surface area (Å²) in [4.78, 5) is 13.2. The number of carbonyl (C=O) groups excluding carboxylic acids is 1. The normalized spacial score (nSPS) is 10.9. The van der Waals surface area contributed by atoms with E-state index >= 15 is 0 Å². The van der Waals surface area contributed by atoms with Gasteiger partial charge in [-0.25, -0.2) is 0 Å². The van der Waals surface area contributed by atoms with Crippen molar-refractivity contribution in [3.05, 3.63) is 0 Å². The second-order valence-corrected chi connectivity index (χ2v) is 3.89. The second-order valence-electron chi connectivity index (χ2n) is 3.89. The van der Waals surface area contributed by atoms with Crippen molar-refractivity contribution in [3.63, 3.8) is 0 Å². The van der Waals surface area contributed by atoms with E-state index in [-0.39, 0.29) is 12.4 Å². The first-order valence-electron chi connectivity index (χ1n) is 6.09. The molecule has 0 aliphatic carbocycles. The Morgan fingerprint density at radius 2 is 1.67 bits per heavy atom. The van der Waals surface area contributed by atoms with Crippen LogP contribution in [0.4, 0.5) is 0 Å². The van der Waals surface area contributed by atoms with Crippen LogP contribution < -0.4 is 0 Å². The fourth-order valence-corrected chi connectivity index (χ4v) is 1.63. The number of aliphatic hydroxyl groups is 1. The summed E-state index contributed by atoms with van der Waals surface area (Å²) in [6.07, 6.45) is 4.98. The van der Waals surface area contributed by atoms with E-state index in [1.54, 1.807) is 0 Å². The van der Waals surface area contributed by atoms with Gasteiger partial charge in [0.05, 0.1) is 0 Å². The molecule has 0 amide bonds. The molecule has 1 N–H and O–H groups in total. The van der Waals surface area contributed by atoms with Crippen LogP contribution in [0, 0.1) is 0 Å². The lowest BCUT2D eigenvalue weighted by Gasteiger charge is -2.17. The average molecular weight is 215 g/mol. The van der Waals surface area contributed by atoms with Crippen LogP contribution in [0.5, 0.6) is 0 Å². The molecule has 0 saturated heterocycles. The van der Waals surface area contributed by atoms with Gasteiger partial charge in [-0.3, -0.25) is 4.79 Å². The highest BCUT2D eigenvalue weighted by atomic mass is 16.3. The third-order valence-electron chi connectivity index (χ3n) is 2.75. The molecule has 0 bridgehead atoms. The fourth-order valence-electron chi connectivity index (χ4n) is 1.63. The molecule has 0 unspecified atom stereocenters. The summed E-state index contributed by atoms with van der Waals surface area (Å²) in [5.74, 6) is -0.0289. The summed E-state index contributed by atoms with van der Waals surface area (Å²) in [6.45, 7) is 7.49. The number of Topliss-reactive ketones (excluding diaryl/α,β-unsaturated/α-hetero) is 1. The highest BCUT2D eigenvalue weighted by Gasteiger charge is 2.00. The molecule has 0 aliphatic rings. The Balaban J connectivity index is 3.21. The molecule has 0 aromatic rings. The van der Waals surface area contributed by atoms with E-state index in [0.29, 0.717) is 6.42 Å². The molecular formula is C12H25NO2. The summed E-state index contributed by atoms with van der Waals surface area (Å²) < 4.78 is 0. The lowest BCUT2D eigenvalue weighted by Crippen LogP contribution is -2.23. The van der Waals surface area contributed by atoms with Crippen molar-refractivity contribution >= 4 is 5.78 Å². The van der Waals surface area contributed by atoms with Crippen LogP contribution in [0.3, 0.4) is 0 Å². The summed E-state index contributed by atoms with van der Waals surface area (Å²) in [5, 5.41) is 8.52. The van der Waals surface area contributed by atoms with E-state index in [4.69, 9.17) is 5.11 Å². The molecule has 0 aromatic carbocycles. The molecule has 0 heterocycles. The van der Waals surface area contributed by atoms with Gasteiger partial charge < -0.3 is 10.0 Å². The Bertz CT molecular complexity index is 156. The molecule has 0 atom stereocenters. The number of hydrogen-bond acceptors (Lipinski definition) is 3. The van der Waals surface area contributed by atoms with Crippen LogP contribution in [0.25, 0.3) is 0 Å². The van der Waals surface area contributed by atoms with E-state index in [9.17, 15) is 4.79 Å². The van der Waals surface area contributed by atoms with Gasteiger partial charge >= 0.3 is 0 Å². The van der Waals surface area contributed by atoms with Crippen molar-refractivity contribution < 1.29 is 9.90 Å². The lowest BCUT2D eigenvalue weighted by molar-refractivity contribution is -0.121. The van der Waals surface area contributed by atoms with Gasteiger partial charge in [0.1, 0.15) is 6.61 Å². The second kappa shape index (κ2) is 10.1. The van der Waals surface area contributed by atoms with Crippen LogP contribution in [-0.4, -0.2) is 42.0 Å². The van der Waals surface area contributed by atoms with Gasteiger partial charge in [0.15, 0.2) is 5.78 Å². The van der Waals surface area contributed by atoms with Gasteiger partial charge in [-0.1, -0.05) is 26.7 Å². The van der Waals surface area contributed by atoms with E-state index in [1.807, 2.05) is 0 Å². The van der Waals surface area contributed by atoms with Crippen LogP contribution in [0.2, 0.25) is 0 Å². The molecule has 0 fully saturated rings. The smallest absolute Gasteiger partial charge is 0.158 e. The van der Waals surface area contributed by atoms with Crippen molar-refractivity contribution in [2.24, 2.45) is 0 Å². The quantitative estimate of drug-likeness (QED) is 0.565. The molecule has 0 aliphatic heterocycles. The molecule has 90 valence electrons. The minimum atomic E-state index is -0.292. The lowest BCUT2D eigenvalue weighted by atomic mass is 10.1. The maximum absolute atomic E-state index is 10.8. The van der Waals surface area contributed by atoms with E-state index in [2.05, 4.69) is 18.7 Å². The molecule has 0 aromatic heterocycles. The maximum Gasteiger partial charge on any atom is 0.158 e. The van der Waals surface area contributed by atoms with Gasteiger partial charge in [0.2, 0.25) is 0 Å². The first kappa shape index (κ1) is 14.6. The Morgan fingerprint density at radius 3 is 2.20 bits per heavy atom. The predicted molar refractivity (Wildman–Crippen MR) is 63.0 cm³/mol. The molecule has 0 saturated carbocycles. The van der Waals surface area contributed by atoms with Gasteiger partial charge in [-0.15, -0.1) is 0 Å². The third kappa shape index (κ3) is 8.58. The molecule has 0 spiro atoms. The van der Waals surface area contributed by atoms with Crippen molar-refractivity contribution in [2.45, 2.75) is 46.0 Å². The SMILES string of the molecule is CCN(CC)CCCCCCC(=O)CO. The highest BCUT2D eigenvalue weighted by Crippen LogP contribution is 2.04. The van der Waals surface area contributed by atoms with Crippen LogP contribution in [0.15, 0.2) is 0 Å². The standard InChI is InChI=1S/C12H25NO2/c1-3-13(4-2)10-8-6-5-7-9-12(15)11-14/h14H,3-11H2,1-2H3. The van der Waals surface area contributed by atoms with Crippen molar-refractivity contribution in [1.82, 2.24) is 4.90 Å². The number of unbranched alkanes of at least 4 members (excludes halogenated alkanes) is 3. The Hall–Kier alpha value is -0.410. The van der Waals surface area contributed by atoms with Gasteiger partial charge in [0.25, 0.3) is 0 Å². The van der Waals surface area contributed by atoms with Crippen LogP contribution >= 0.6 is 0 Å². The Labute approximate surface area is 93.5 Å². The van der Waals surface area contributed by atoms with Gasteiger partial charge in [-0.2, -0.15) is 0 Å². The number of hydrogen-bond donors (Lipinski definition) is 1. The Kier molecular flexibility index (Phi) is 9.84. The summed E-state index contributed by atoms with van der Waals surface area (Å²) in [6, 6.07) is 0. The summed E-state index contributed by atoms with van der Waals surface area (Å²) in [7, 11) is 0. The molecular weight excluding hydrogens is 190 g/mol. The zero-order chi connectivity index (χ0) is 11.5. The number of ketones is 1. The summed E-state index contributed by atoms with van der Waals surface area (Å²) >= 11 is 0. The summed E-state index contributed by atoms with van der Waals surface area (Å²) in [5.41, 5.74) is 0. The van der Waals surface area contributed by atoms with Crippen molar-refractivity contribution in [3.8, 4) is 0 Å². The van der Waals surface area contributed by atoms with E-state index < -0.39 is 0 Å². The predicted octanol–water partition coefficient (Wildman–Crippen LogP) is 1.84. The minimum absolute atomic E-state index is 0.0289. The molecule has 0 rings (SSSR count). The number of rotatable bonds is 10. The Morgan fingerprint density at radius 1 is 1.07 bits per heavy atom. The molecule has 15 heavy (non-hydrogen) atoms. The van der Waals surface area contributed by atoms with E-state index in [0.717, 1.165) is 25.9 Å². The number of aliphatic hydroxyl groups excluding tert-OH is 1. The first-order valence-corrected chi connectivity index (χ1v) is 6.09. The molecule has 3 nitrogen and oxygen atoms in total. The zero-order valence-corrected chi connectivity index (χ0v) is 10.2. The van der Waals surface area contributed by atoms with Crippen molar-refractivity contribution in [1.29, 1.82) is 0 Å². The van der Waals surface area contributed by atoms with Crippen LogP contribution in [-0.2, 0) is 4.79 Å². The fraction of sp³-hybridized carbons (Fsp3) is 0.917. The topological polar surface area (TPSA) is 40.5 Å². The number of carbonyl (C=O) groups is 1.